The summed E-state index contributed by atoms with van der Waals surface area (Å²) in [7, 11) is -4.72. The zero-order valence-corrected chi connectivity index (χ0v) is 4.92. The Labute approximate surface area is 50.5 Å². The Bertz CT molecular complexity index is 277. The first-order chi connectivity index (χ1) is 4.11. The van der Waals surface area contributed by atoms with Gasteiger partial charge in [0, 0.05) is 0 Å². The van der Waals surface area contributed by atoms with Crippen LogP contribution in [0.3, 0.4) is 0 Å². The molecule has 0 atom stereocenters. The third-order valence-electron chi connectivity index (χ3n) is 0.621. The van der Waals surface area contributed by atoms with Gasteiger partial charge in [0.05, 0.1) is 0 Å². The Hall–Kier alpha value is -0.980. The summed E-state index contributed by atoms with van der Waals surface area (Å²) in [6, 6.07) is 0. The molecule has 0 aliphatic carbocycles. The van der Waals surface area contributed by atoms with Crippen LogP contribution in [0, 0.1) is 0 Å². The molecule has 1 aromatic rings. The number of aromatic nitrogens is 3. The fourth-order valence-corrected chi connectivity index (χ4v) is 0.632. The van der Waals surface area contributed by atoms with E-state index in [0.717, 1.165) is 12.7 Å². The summed E-state index contributed by atoms with van der Waals surface area (Å²) in [5.41, 5.74) is 0. The van der Waals surface area contributed by atoms with Crippen molar-refractivity contribution in [2.45, 2.75) is 0 Å². The summed E-state index contributed by atoms with van der Waals surface area (Å²) in [5.74, 6) is 0. The van der Waals surface area contributed by atoms with Crippen molar-refractivity contribution in [3.63, 3.8) is 0 Å². The molecule has 0 saturated heterocycles. The SMILES string of the molecule is O=S(=O)(F)n1cncn1. The van der Waals surface area contributed by atoms with Crippen LogP contribution in [-0.4, -0.2) is 22.6 Å². The van der Waals surface area contributed by atoms with Crippen molar-refractivity contribution >= 4 is 10.4 Å². The number of halogens is 1. The van der Waals surface area contributed by atoms with E-state index in [1.165, 1.54) is 0 Å². The molecule has 0 unspecified atom stereocenters. The normalized spacial score (nSPS) is 11.7. The Kier molecular flexibility index (Phi) is 1.20. The molecule has 0 fully saturated rings. The molecule has 0 N–H and O–H groups in total. The Morgan fingerprint density at radius 2 is 2.22 bits per heavy atom. The van der Waals surface area contributed by atoms with Crippen molar-refractivity contribution in [3.05, 3.63) is 12.7 Å². The van der Waals surface area contributed by atoms with E-state index in [4.69, 9.17) is 0 Å². The lowest BCUT2D eigenvalue weighted by molar-refractivity contribution is 0.533. The lowest BCUT2D eigenvalue weighted by atomic mass is 11.3. The molecule has 7 heteroatoms. The molecule has 1 heterocycles. The molecule has 0 bridgehead atoms. The molecule has 50 valence electrons. The van der Waals surface area contributed by atoms with Gasteiger partial charge in [-0.3, -0.25) is 0 Å². The second kappa shape index (κ2) is 1.76. The maximum absolute atomic E-state index is 11.8. The van der Waals surface area contributed by atoms with Crippen LogP contribution < -0.4 is 0 Å². The molecule has 0 aliphatic heterocycles. The highest BCUT2D eigenvalue weighted by molar-refractivity contribution is 7.84. The fourth-order valence-electron chi connectivity index (χ4n) is 0.310. The fraction of sp³-hybridized carbons (Fsp3) is 0. The van der Waals surface area contributed by atoms with Gasteiger partial charge in [0.25, 0.3) is 0 Å². The highest BCUT2D eigenvalue weighted by Gasteiger charge is 2.08. The van der Waals surface area contributed by atoms with Crippen LogP contribution in [0.15, 0.2) is 12.7 Å². The van der Waals surface area contributed by atoms with Crippen molar-refractivity contribution in [2.24, 2.45) is 0 Å². The minimum atomic E-state index is -4.72. The van der Waals surface area contributed by atoms with Crippen LogP contribution in [-0.2, 0) is 10.4 Å². The Morgan fingerprint density at radius 3 is 2.44 bits per heavy atom. The van der Waals surface area contributed by atoms with Crippen molar-refractivity contribution < 1.29 is 12.3 Å². The van der Waals surface area contributed by atoms with E-state index >= 15 is 0 Å². The zero-order valence-electron chi connectivity index (χ0n) is 4.10. The largest absolute Gasteiger partial charge is 0.420 e. The van der Waals surface area contributed by atoms with Gasteiger partial charge < -0.3 is 0 Å². The standard InChI is InChI=1S/C2H2FN3O2S/c3-9(7,8)6-2-4-1-5-6/h1-2H. The first kappa shape index (κ1) is 6.14. The van der Waals surface area contributed by atoms with E-state index < -0.39 is 10.4 Å². The summed E-state index contributed by atoms with van der Waals surface area (Å²) in [6.45, 7) is 0. The highest BCUT2D eigenvalue weighted by Crippen LogP contribution is 1.91. The molecular weight excluding hydrogens is 149 g/mol. The molecule has 0 aliphatic rings. The zero-order chi connectivity index (χ0) is 6.91. The van der Waals surface area contributed by atoms with Gasteiger partial charge in [-0.1, -0.05) is 3.89 Å². The first-order valence-electron chi connectivity index (χ1n) is 1.90. The average Bonchev–Trinajstić information content (AvgIpc) is 2.08. The molecule has 5 nitrogen and oxygen atoms in total. The van der Waals surface area contributed by atoms with Gasteiger partial charge in [-0.15, -0.1) is 9.19 Å². The van der Waals surface area contributed by atoms with Crippen LogP contribution in [0.4, 0.5) is 3.89 Å². The lowest BCUT2D eigenvalue weighted by Crippen LogP contribution is -2.05. The molecule has 0 aromatic carbocycles. The maximum Gasteiger partial charge on any atom is 0.420 e. The van der Waals surface area contributed by atoms with E-state index in [1.54, 1.807) is 0 Å². The lowest BCUT2D eigenvalue weighted by Gasteiger charge is -1.85. The number of hydrogen-bond donors (Lipinski definition) is 0. The predicted octanol–water partition coefficient (Wildman–Crippen LogP) is -0.659. The summed E-state index contributed by atoms with van der Waals surface area (Å²) in [4.78, 5) is 3.22. The second-order valence-corrected chi connectivity index (χ2v) is 2.41. The summed E-state index contributed by atoms with van der Waals surface area (Å²) >= 11 is 0. The van der Waals surface area contributed by atoms with E-state index in [2.05, 4.69) is 10.1 Å². The monoisotopic (exact) mass is 151 g/mol. The minimum Gasteiger partial charge on any atom is -0.222 e. The van der Waals surface area contributed by atoms with E-state index in [1.807, 2.05) is 0 Å². The minimum absolute atomic E-state index is 0.132. The van der Waals surface area contributed by atoms with Crippen LogP contribution >= 0.6 is 0 Å². The van der Waals surface area contributed by atoms with Crippen molar-refractivity contribution in [1.82, 2.24) is 14.2 Å². The third-order valence-corrected chi connectivity index (χ3v) is 1.26. The number of nitrogens with zero attached hydrogens (tertiary/aromatic N) is 3. The van der Waals surface area contributed by atoms with Crippen molar-refractivity contribution in [3.8, 4) is 0 Å². The summed E-state index contributed by atoms with van der Waals surface area (Å²) in [6.07, 6.45) is 1.69. The first-order valence-corrected chi connectivity index (χ1v) is 3.24. The van der Waals surface area contributed by atoms with Gasteiger partial charge in [-0.05, 0) is 0 Å². The second-order valence-electron chi connectivity index (χ2n) is 1.21. The molecule has 0 spiro atoms. The van der Waals surface area contributed by atoms with Gasteiger partial charge in [-0.25, -0.2) is 4.98 Å². The van der Waals surface area contributed by atoms with Gasteiger partial charge >= 0.3 is 10.4 Å². The van der Waals surface area contributed by atoms with Gasteiger partial charge in [-0.2, -0.15) is 8.42 Å². The molecule has 1 aromatic heterocycles. The quantitative estimate of drug-likeness (QED) is 0.500. The van der Waals surface area contributed by atoms with Crippen molar-refractivity contribution in [1.29, 1.82) is 0 Å². The van der Waals surface area contributed by atoms with Crippen LogP contribution in [0.25, 0.3) is 0 Å². The molecule has 9 heavy (non-hydrogen) atoms. The highest BCUT2D eigenvalue weighted by atomic mass is 32.3. The topological polar surface area (TPSA) is 64.8 Å². The molecule has 0 amide bonds. The van der Waals surface area contributed by atoms with Gasteiger partial charge in [0.2, 0.25) is 0 Å². The van der Waals surface area contributed by atoms with Gasteiger partial charge in [0.1, 0.15) is 12.7 Å². The number of hydrogen-bond acceptors (Lipinski definition) is 4. The average molecular weight is 151 g/mol. The van der Waals surface area contributed by atoms with Crippen LogP contribution in [0.1, 0.15) is 0 Å². The molecule has 1 rings (SSSR count). The maximum atomic E-state index is 11.8. The number of rotatable bonds is 1. The molecular formula is C2H2FN3O2S. The van der Waals surface area contributed by atoms with Crippen LogP contribution in [0.5, 0.6) is 0 Å². The third kappa shape index (κ3) is 1.22. The van der Waals surface area contributed by atoms with Gasteiger partial charge in [0.15, 0.2) is 0 Å². The smallest absolute Gasteiger partial charge is 0.222 e. The molecule has 0 saturated carbocycles. The van der Waals surface area contributed by atoms with E-state index in [9.17, 15) is 12.3 Å². The Morgan fingerprint density at radius 1 is 1.56 bits per heavy atom. The van der Waals surface area contributed by atoms with E-state index in [-0.39, 0.29) is 4.09 Å². The van der Waals surface area contributed by atoms with Crippen LogP contribution in [0.2, 0.25) is 0 Å². The predicted molar refractivity (Wildman–Crippen MR) is 25.4 cm³/mol. The van der Waals surface area contributed by atoms with E-state index in [0.29, 0.717) is 0 Å². The molecule has 0 radical (unpaired) electrons. The summed E-state index contributed by atoms with van der Waals surface area (Å²) in [5, 5.41) is 3.03. The Balaban J connectivity index is 3.20. The summed E-state index contributed by atoms with van der Waals surface area (Å²) < 4.78 is 31.7. The van der Waals surface area contributed by atoms with Crippen molar-refractivity contribution in [2.75, 3.05) is 0 Å².